The van der Waals surface area contributed by atoms with E-state index in [1.807, 2.05) is 27.6 Å². The van der Waals surface area contributed by atoms with Gasteiger partial charge in [0.1, 0.15) is 12.9 Å². The molecule has 0 aromatic heterocycles. The second-order valence-corrected chi connectivity index (χ2v) is 7.74. The van der Waals surface area contributed by atoms with Crippen molar-refractivity contribution in [1.82, 2.24) is 4.90 Å². The molecule has 1 atom stereocenters. The van der Waals surface area contributed by atoms with Crippen molar-refractivity contribution in [3.8, 4) is 0 Å². The van der Waals surface area contributed by atoms with Gasteiger partial charge in [-0.1, -0.05) is 6.82 Å². The van der Waals surface area contributed by atoms with Crippen molar-refractivity contribution in [1.29, 1.82) is 0 Å². The fraction of sp³-hybridized carbons (Fsp3) is 0.833. The Morgan fingerprint density at radius 3 is 2.27 bits per heavy atom. The van der Waals surface area contributed by atoms with Crippen LogP contribution in [0.25, 0.3) is 0 Å². The third-order valence-corrected chi connectivity index (χ3v) is 4.35. The van der Waals surface area contributed by atoms with Crippen LogP contribution in [0, 0.1) is 11.8 Å². The van der Waals surface area contributed by atoms with Crippen LogP contribution < -0.4 is 0 Å². The lowest BCUT2D eigenvalue weighted by atomic mass is 9.79. The first kappa shape index (κ1) is 22.3. The second kappa shape index (κ2) is 10.4. The fourth-order valence-electron chi connectivity index (χ4n) is 2.86. The van der Waals surface area contributed by atoms with Crippen LogP contribution in [-0.4, -0.2) is 62.6 Å². The van der Waals surface area contributed by atoms with Crippen molar-refractivity contribution < 1.29 is 28.6 Å². The van der Waals surface area contributed by atoms with Gasteiger partial charge in [0.15, 0.2) is 5.92 Å². The molecule has 1 rings (SSSR count). The van der Waals surface area contributed by atoms with E-state index in [0.717, 1.165) is 26.4 Å². The van der Waals surface area contributed by atoms with Gasteiger partial charge in [0.05, 0.1) is 13.7 Å². The van der Waals surface area contributed by atoms with E-state index in [2.05, 4.69) is 0 Å². The SMILES string of the molecule is CBCCOC(=O)C(CC1CCN(C(=O)OC(C)(C)C)CC1)C(=O)OC. The van der Waals surface area contributed by atoms with E-state index in [-0.39, 0.29) is 12.0 Å². The number of carbonyl (C=O) groups excluding carboxylic acids is 3. The van der Waals surface area contributed by atoms with Crippen LogP contribution in [0.4, 0.5) is 4.79 Å². The summed E-state index contributed by atoms with van der Waals surface area (Å²) in [5.41, 5.74) is -0.522. The van der Waals surface area contributed by atoms with Crippen LogP contribution in [0.3, 0.4) is 0 Å². The number of methoxy groups -OCH3 is 1. The molecule has 0 radical (unpaired) electrons. The van der Waals surface area contributed by atoms with Crippen molar-refractivity contribution in [3.63, 3.8) is 0 Å². The highest BCUT2D eigenvalue weighted by Crippen LogP contribution is 2.26. The molecule has 1 aliphatic heterocycles. The predicted octanol–water partition coefficient (Wildman–Crippen LogP) is 2.26. The average molecular weight is 369 g/mol. The Morgan fingerprint density at radius 2 is 1.77 bits per heavy atom. The molecule has 1 aliphatic rings. The van der Waals surface area contributed by atoms with Gasteiger partial charge in [0.25, 0.3) is 0 Å². The minimum Gasteiger partial charge on any atom is -0.468 e. The van der Waals surface area contributed by atoms with Crippen LogP contribution >= 0.6 is 0 Å². The van der Waals surface area contributed by atoms with Gasteiger partial charge in [-0.3, -0.25) is 9.59 Å². The summed E-state index contributed by atoms with van der Waals surface area (Å²) in [7, 11) is 2.19. The molecule has 26 heavy (non-hydrogen) atoms. The molecule has 0 spiro atoms. The molecule has 0 aromatic rings. The van der Waals surface area contributed by atoms with E-state index in [9.17, 15) is 14.4 Å². The predicted molar refractivity (Wildman–Crippen MR) is 99.4 cm³/mol. The first-order chi connectivity index (χ1) is 12.2. The summed E-state index contributed by atoms with van der Waals surface area (Å²) in [6.45, 7) is 8.94. The highest BCUT2D eigenvalue weighted by Gasteiger charge is 2.34. The molecule has 0 aliphatic carbocycles. The van der Waals surface area contributed by atoms with E-state index in [1.54, 1.807) is 4.90 Å². The number of amides is 1. The molecule has 0 bridgehead atoms. The molecule has 8 heteroatoms. The van der Waals surface area contributed by atoms with E-state index >= 15 is 0 Å². The number of esters is 2. The number of ether oxygens (including phenoxy) is 3. The van der Waals surface area contributed by atoms with E-state index in [4.69, 9.17) is 14.2 Å². The van der Waals surface area contributed by atoms with Gasteiger partial charge in [-0.25, -0.2) is 4.79 Å². The molecule has 0 aromatic carbocycles. The monoisotopic (exact) mass is 369 g/mol. The zero-order valence-electron chi connectivity index (χ0n) is 16.7. The number of likely N-dealkylation sites (tertiary alicyclic amines) is 1. The van der Waals surface area contributed by atoms with Crippen molar-refractivity contribution >= 4 is 25.3 Å². The van der Waals surface area contributed by atoms with Crippen molar-refractivity contribution in [2.24, 2.45) is 11.8 Å². The normalized spacial score (nSPS) is 16.6. The Hall–Kier alpha value is -1.73. The summed E-state index contributed by atoms with van der Waals surface area (Å²) in [5.74, 6) is -1.80. The Kier molecular flexibility index (Phi) is 8.95. The third kappa shape index (κ3) is 7.66. The van der Waals surface area contributed by atoms with Crippen LogP contribution in [0.1, 0.15) is 40.0 Å². The van der Waals surface area contributed by atoms with E-state index < -0.39 is 23.5 Å². The molecule has 148 valence electrons. The molecule has 1 unspecified atom stereocenters. The molecule has 0 saturated carbocycles. The summed E-state index contributed by atoms with van der Waals surface area (Å²) in [4.78, 5) is 38.0. The van der Waals surface area contributed by atoms with Crippen LogP contribution in [0.2, 0.25) is 13.1 Å². The quantitative estimate of drug-likeness (QED) is 0.225. The van der Waals surface area contributed by atoms with Gasteiger partial charge < -0.3 is 19.1 Å². The maximum atomic E-state index is 12.2. The van der Waals surface area contributed by atoms with Crippen molar-refractivity contribution in [3.05, 3.63) is 0 Å². The minimum absolute atomic E-state index is 0.163. The maximum absolute atomic E-state index is 12.2. The largest absolute Gasteiger partial charge is 0.468 e. The maximum Gasteiger partial charge on any atom is 0.410 e. The Labute approximate surface area is 157 Å². The summed E-state index contributed by atoms with van der Waals surface area (Å²) >= 11 is 0. The molecule has 1 fully saturated rings. The summed E-state index contributed by atoms with van der Waals surface area (Å²) in [6.07, 6.45) is 2.27. The Morgan fingerprint density at radius 1 is 1.15 bits per heavy atom. The molecular weight excluding hydrogens is 337 g/mol. The molecule has 1 amide bonds. The van der Waals surface area contributed by atoms with Gasteiger partial charge in [-0.15, -0.1) is 0 Å². The smallest absolute Gasteiger partial charge is 0.410 e. The number of carbonyl (C=O) groups is 3. The number of hydrogen-bond donors (Lipinski definition) is 0. The van der Waals surface area contributed by atoms with Gasteiger partial charge in [-0.05, 0) is 52.3 Å². The minimum atomic E-state index is -0.894. The van der Waals surface area contributed by atoms with E-state index in [1.165, 1.54) is 7.11 Å². The lowest BCUT2D eigenvalue weighted by Crippen LogP contribution is -2.42. The zero-order chi connectivity index (χ0) is 19.7. The first-order valence-corrected chi connectivity index (χ1v) is 9.40. The zero-order valence-corrected chi connectivity index (χ0v) is 16.7. The lowest BCUT2D eigenvalue weighted by molar-refractivity contribution is -0.161. The second-order valence-electron chi connectivity index (χ2n) is 7.74. The van der Waals surface area contributed by atoms with Crippen LogP contribution in [0.5, 0.6) is 0 Å². The van der Waals surface area contributed by atoms with Gasteiger partial charge in [-0.2, -0.15) is 0 Å². The molecule has 1 heterocycles. The van der Waals surface area contributed by atoms with Crippen LogP contribution in [-0.2, 0) is 23.8 Å². The number of rotatable bonds is 7. The van der Waals surface area contributed by atoms with Crippen LogP contribution in [0.15, 0.2) is 0 Å². The summed E-state index contributed by atoms with van der Waals surface area (Å²) < 4.78 is 15.4. The highest BCUT2D eigenvalue weighted by molar-refractivity contribution is 6.33. The van der Waals surface area contributed by atoms with Gasteiger partial charge in [0.2, 0.25) is 0 Å². The van der Waals surface area contributed by atoms with Crippen molar-refractivity contribution in [2.75, 3.05) is 26.8 Å². The summed E-state index contributed by atoms with van der Waals surface area (Å²) in [6, 6.07) is 0. The van der Waals surface area contributed by atoms with E-state index in [0.29, 0.717) is 26.1 Å². The first-order valence-electron chi connectivity index (χ1n) is 9.40. The molecule has 1 saturated heterocycles. The van der Waals surface area contributed by atoms with Crippen molar-refractivity contribution in [2.45, 2.75) is 58.8 Å². The molecular formula is C18H32BNO6. The lowest BCUT2D eigenvalue weighted by Gasteiger charge is -2.34. The fourth-order valence-corrected chi connectivity index (χ4v) is 2.86. The number of nitrogens with zero attached hydrogens (tertiary/aromatic N) is 1. The average Bonchev–Trinajstić information content (AvgIpc) is 2.58. The molecule has 0 N–H and O–H groups in total. The number of piperidine rings is 1. The summed E-state index contributed by atoms with van der Waals surface area (Å²) in [5, 5.41) is 0. The van der Waals surface area contributed by atoms with Gasteiger partial charge >= 0.3 is 18.0 Å². The standard InChI is InChI=1S/C18H32BNO6/c1-18(2,3)26-17(23)20-9-6-13(7-10-20)12-14(15(21)24-5)16(22)25-11-8-19-4/h13-14,19H,6-12H2,1-5H3. The van der Waals surface area contributed by atoms with Gasteiger partial charge in [0, 0.05) is 13.1 Å². The Bertz CT molecular complexity index is 483. The third-order valence-electron chi connectivity index (χ3n) is 4.35. The Balaban J connectivity index is 2.54. The number of hydrogen-bond acceptors (Lipinski definition) is 6. The topological polar surface area (TPSA) is 82.1 Å². The highest BCUT2D eigenvalue weighted by atomic mass is 16.6. The molecule has 7 nitrogen and oxygen atoms in total.